The van der Waals surface area contributed by atoms with Gasteiger partial charge in [-0.3, -0.25) is 14.2 Å². The first-order chi connectivity index (χ1) is 17.6. The minimum absolute atomic E-state index is 0.0116. The summed E-state index contributed by atoms with van der Waals surface area (Å²) in [7, 11) is -3.83. The van der Waals surface area contributed by atoms with Crippen molar-refractivity contribution in [2.45, 2.75) is 30.4 Å². The summed E-state index contributed by atoms with van der Waals surface area (Å²) in [5, 5.41) is 0.381. The van der Waals surface area contributed by atoms with Crippen LogP contribution in [0.5, 0.6) is 0 Å². The van der Waals surface area contributed by atoms with Gasteiger partial charge < -0.3 is 4.90 Å². The van der Waals surface area contributed by atoms with Gasteiger partial charge in [0, 0.05) is 25.2 Å². The van der Waals surface area contributed by atoms with Crippen LogP contribution >= 0.6 is 22.9 Å². The molecule has 0 spiro atoms. The maximum Gasteiger partial charge on any atom is 0.266 e. The molecule has 1 saturated heterocycles. The maximum atomic E-state index is 15.2. The van der Waals surface area contributed by atoms with Crippen LogP contribution in [0.2, 0.25) is 4.34 Å². The number of carbonyl (C=O) groups excluding carboxylic acids is 1. The van der Waals surface area contributed by atoms with Gasteiger partial charge in [0.15, 0.2) is 15.6 Å². The molecule has 0 aliphatic carbocycles. The zero-order valence-corrected chi connectivity index (χ0v) is 22.3. The van der Waals surface area contributed by atoms with Crippen LogP contribution in [0.4, 0.5) is 10.1 Å². The lowest BCUT2D eigenvalue weighted by Gasteiger charge is -2.18. The number of benzene rings is 2. The second-order valence-corrected chi connectivity index (χ2v) is 12.9. The molecule has 37 heavy (non-hydrogen) atoms. The molecule has 2 aromatic carbocycles. The largest absolute Gasteiger partial charge is 0.371 e. The molecule has 0 bridgehead atoms. The number of thiophene rings is 1. The second kappa shape index (κ2) is 10.00. The smallest absolute Gasteiger partial charge is 0.266 e. The van der Waals surface area contributed by atoms with Crippen molar-refractivity contribution in [3.8, 4) is 5.69 Å². The van der Waals surface area contributed by atoms with Crippen molar-refractivity contribution in [3.63, 3.8) is 0 Å². The van der Waals surface area contributed by atoms with Crippen molar-refractivity contribution in [2.75, 3.05) is 23.7 Å². The van der Waals surface area contributed by atoms with Crippen LogP contribution in [0, 0.1) is 12.7 Å². The summed E-state index contributed by atoms with van der Waals surface area (Å²) in [5.41, 5.74) is 1.49. The quantitative estimate of drug-likeness (QED) is 0.325. The molecule has 4 aromatic rings. The molecule has 1 aliphatic heterocycles. The monoisotopic (exact) mass is 559 g/mol. The highest BCUT2D eigenvalue weighted by atomic mass is 35.5. The van der Waals surface area contributed by atoms with E-state index in [1.807, 2.05) is 12.1 Å². The number of fused-ring (bicyclic) bond motifs is 1. The number of hydrogen-bond acceptors (Lipinski definition) is 7. The van der Waals surface area contributed by atoms with E-state index >= 15 is 4.39 Å². The summed E-state index contributed by atoms with van der Waals surface area (Å²) in [6.07, 6.45) is 2.00. The fourth-order valence-corrected chi connectivity index (χ4v) is 7.42. The van der Waals surface area contributed by atoms with Crippen molar-refractivity contribution in [1.82, 2.24) is 9.55 Å². The molecule has 0 radical (unpaired) electrons. The molecule has 0 unspecified atom stereocenters. The van der Waals surface area contributed by atoms with Gasteiger partial charge in [0.1, 0.15) is 21.6 Å². The van der Waals surface area contributed by atoms with E-state index in [4.69, 9.17) is 11.6 Å². The summed E-state index contributed by atoms with van der Waals surface area (Å²) < 4.78 is 41.6. The molecule has 0 N–H and O–H groups in total. The molecule has 0 amide bonds. The van der Waals surface area contributed by atoms with Crippen LogP contribution in [0.15, 0.2) is 57.5 Å². The Bertz CT molecular complexity index is 1690. The lowest BCUT2D eigenvalue weighted by Crippen LogP contribution is -2.24. The van der Waals surface area contributed by atoms with Crippen molar-refractivity contribution >= 4 is 55.1 Å². The molecule has 0 atom stereocenters. The standard InChI is InChI=1S/C26H23ClFN3O4S2/c1-16-29-22-14-18(30-10-2-3-11-30)5-6-20(22)26(33)31(16)23-7-4-17(13-21(23)28)12-19(32)15-37(34,35)25-9-8-24(27)36-25/h4-9,13-14H,2-3,10-12,15H2,1H3. The highest BCUT2D eigenvalue weighted by Gasteiger charge is 2.22. The number of halogens is 2. The number of Topliss-reactive ketones (excluding diaryl/α,β-unsaturated/α-hetero) is 1. The molecular formula is C26H23ClFN3O4S2. The van der Waals surface area contributed by atoms with Crippen LogP contribution < -0.4 is 10.5 Å². The van der Waals surface area contributed by atoms with E-state index in [0.29, 0.717) is 26.6 Å². The molecular weight excluding hydrogens is 537 g/mol. The number of rotatable bonds is 7. The zero-order valence-electron chi connectivity index (χ0n) is 19.9. The Balaban J connectivity index is 1.40. The van der Waals surface area contributed by atoms with Crippen molar-refractivity contribution in [1.29, 1.82) is 0 Å². The zero-order chi connectivity index (χ0) is 26.3. The molecule has 1 aliphatic rings. The molecule has 7 nitrogen and oxygen atoms in total. The van der Waals surface area contributed by atoms with Crippen molar-refractivity contribution in [3.05, 3.63) is 80.4 Å². The molecule has 0 saturated carbocycles. The Morgan fingerprint density at radius 1 is 1.11 bits per heavy atom. The number of aromatic nitrogens is 2. The summed E-state index contributed by atoms with van der Waals surface area (Å²) >= 11 is 6.68. The summed E-state index contributed by atoms with van der Waals surface area (Å²) in [6.45, 7) is 3.58. The minimum atomic E-state index is -3.83. The fourth-order valence-electron chi connectivity index (χ4n) is 4.61. The van der Waals surface area contributed by atoms with Crippen LogP contribution in [-0.4, -0.2) is 42.6 Å². The maximum absolute atomic E-state index is 15.2. The Morgan fingerprint density at radius 2 is 1.86 bits per heavy atom. The van der Waals surface area contributed by atoms with E-state index in [1.54, 1.807) is 13.0 Å². The molecule has 3 heterocycles. The van der Waals surface area contributed by atoms with Crippen molar-refractivity contribution in [2.24, 2.45) is 0 Å². The van der Waals surface area contributed by atoms with E-state index in [-0.39, 0.29) is 21.9 Å². The first kappa shape index (κ1) is 25.6. The van der Waals surface area contributed by atoms with Gasteiger partial charge in [-0.1, -0.05) is 17.7 Å². The SMILES string of the molecule is Cc1nc2cc(N3CCCC3)ccc2c(=O)n1-c1ccc(CC(=O)CS(=O)(=O)c2ccc(Cl)s2)cc1F. The number of ketones is 1. The fraction of sp³-hybridized carbons (Fsp3) is 0.269. The lowest BCUT2D eigenvalue weighted by atomic mass is 10.1. The van der Waals surface area contributed by atoms with Crippen LogP contribution in [0.1, 0.15) is 24.2 Å². The topological polar surface area (TPSA) is 89.3 Å². The number of carbonyl (C=O) groups is 1. The summed E-state index contributed by atoms with van der Waals surface area (Å²) in [5.74, 6) is -1.66. The Hall–Kier alpha value is -3.08. The van der Waals surface area contributed by atoms with Gasteiger partial charge >= 0.3 is 0 Å². The van der Waals surface area contributed by atoms with Gasteiger partial charge in [0.05, 0.1) is 20.9 Å². The van der Waals surface area contributed by atoms with E-state index in [9.17, 15) is 18.0 Å². The van der Waals surface area contributed by atoms with E-state index in [2.05, 4.69) is 9.88 Å². The molecule has 5 rings (SSSR count). The minimum Gasteiger partial charge on any atom is -0.371 e. The van der Waals surface area contributed by atoms with Crippen LogP contribution in [0.3, 0.4) is 0 Å². The number of anilines is 1. The average Bonchev–Trinajstić information content (AvgIpc) is 3.52. The Kier molecular flexibility index (Phi) is 6.91. The van der Waals surface area contributed by atoms with Gasteiger partial charge in [-0.2, -0.15) is 0 Å². The predicted octanol–water partition coefficient (Wildman–Crippen LogP) is 4.73. The van der Waals surface area contributed by atoms with E-state index in [1.165, 1.54) is 28.8 Å². The highest BCUT2D eigenvalue weighted by molar-refractivity contribution is 7.94. The number of nitrogens with zero attached hydrogens (tertiary/aromatic N) is 3. The number of hydrogen-bond donors (Lipinski definition) is 0. The van der Waals surface area contributed by atoms with Gasteiger partial charge in [-0.25, -0.2) is 17.8 Å². The average molecular weight is 560 g/mol. The predicted molar refractivity (Wildman–Crippen MR) is 144 cm³/mol. The Morgan fingerprint density at radius 3 is 2.54 bits per heavy atom. The van der Waals surface area contributed by atoms with E-state index < -0.39 is 27.2 Å². The number of aryl methyl sites for hydroxylation is 1. The molecule has 11 heteroatoms. The molecule has 2 aromatic heterocycles. The third-order valence-electron chi connectivity index (χ3n) is 6.35. The summed E-state index contributed by atoms with van der Waals surface area (Å²) in [6, 6.07) is 12.4. The lowest BCUT2D eigenvalue weighted by molar-refractivity contribution is -0.116. The van der Waals surface area contributed by atoms with E-state index in [0.717, 1.165) is 49.0 Å². The highest BCUT2D eigenvalue weighted by Crippen LogP contribution is 2.27. The van der Waals surface area contributed by atoms with Gasteiger partial charge in [0.2, 0.25) is 0 Å². The van der Waals surface area contributed by atoms with Crippen LogP contribution in [0.25, 0.3) is 16.6 Å². The van der Waals surface area contributed by atoms with Crippen LogP contribution in [-0.2, 0) is 21.1 Å². The van der Waals surface area contributed by atoms with Gasteiger partial charge in [-0.15, -0.1) is 11.3 Å². The Labute approximate surface area is 222 Å². The second-order valence-electron chi connectivity index (χ2n) is 9.01. The third kappa shape index (κ3) is 5.18. The van der Waals surface area contributed by atoms with Gasteiger partial charge in [-0.05, 0) is 67.8 Å². The van der Waals surface area contributed by atoms with Gasteiger partial charge in [0.25, 0.3) is 5.56 Å². The third-order valence-corrected chi connectivity index (χ3v) is 9.84. The first-order valence-electron chi connectivity index (χ1n) is 11.7. The van der Waals surface area contributed by atoms with Crippen molar-refractivity contribution < 1.29 is 17.6 Å². The first-order valence-corrected chi connectivity index (χ1v) is 14.5. The molecule has 192 valence electrons. The molecule has 1 fully saturated rings. The normalized spacial score (nSPS) is 14.0. The number of sulfone groups is 1. The summed E-state index contributed by atoms with van der Waals surface area (Å²) in [4.78, 5) is 32.6.